The summed E-state index contributed by atoms with van der Waals surface area (Å²) in [5.41, 5.74) is 0.225. The number of carbonyl (C=O) groups is 1. The van der Waals surface area contributed by atoms with E-state index in [1.165, 1.54) is 30.3 Å². The lowest BCUT2D eigenvalue weighted by molar-refractivity contribution is -0.119. The van der Waals surface area contributed by atoms with E-state index >= 15 is 0 Å². The van der Waals surface area contributed by atoms with Gasteiger partial charge in [0.2, 0.25) is 5.91 Å². The molecular formula is C18H14F3N3OS. The predicted molar refractivity (Wildman–Crippen MR) is 95.6 cm³/mol. The molecule has 0 spiro atoms. The second-order valence-electron chi connectivity index (χ2n) is 5.71. The summed E-state index contributed by atoms with van der Waals surface area (Å²) in [5.74, 6) is -3.70. The van der Waals surface area contributed by atoms with Crippen LogP contribution in [-0.2, 0) is 4.79 Å². The smallest absolute Gasteiger partial charge is 0.235 e. The van der Waals surface area contributed by atoms with Gasteiger partial charge in [-0.15, -0.1) is 0 Å². The average Bonchev–Trinajstić information content (AvgIpc) is 2.56. The topological polar surface area (TPSA) is 53.2 Å². The first-order valence-corrected chi connectivity index (χ1v) is 8.04. The first kappa shape index (κ1) is 17.9. The van der Waals surface area contributed by atoms with E-state index in [9.17, 15) is 18.0 Å². The number of halogens is 3. The van der Waals surface area contributed by atoms with Crippen LogP contribution in [0, 0.1) is 23.4 Å². The molecule has 1 aliphatic rings. The van der Waals surface area contributed by atoms with Gasteiger partial charge in [0.1, 0.15) is 23.4 Å². The fraction of sp³-hybridized carbons (Fsp3) is 0.111. The second kappa shape index (κ2) is 7.17. The van der Waals surface area contributed by atoms with Crippen LogP contribution < -0.4 is 16.0 Å². The van der Waals surface area contributed by atoms with Gasteiger partial charge in [0.15, 0.2) is 5.11 Å². The largest absolute Gasteiger partial charge is 0.354 e. The number of nitrogens with one attached hydrogen (secondary N) is 3. The Bertz CT molecular complexity index is 866. The van der Waals surface area contributed by atoms with Crippen molar-refractivity contribution in [1.29, 1.82) is 0 Å². The van der Waals surface area contributed by atoms with E-state index in [-0.39, 0.29) is 16.4 Å². The number of carbonyl (C=O) groups excluding carboxylic acids is 1. The Morgan fingerprint density at radius 2 is 1.69 bits per heavy atom. The molecule has 2 aromatic rings. The van der Waals surface area contributed by atoms with Crippen molar-refractivity contribution in [3.63, 3.8) is 0 Å². The molecule has 0 aromatic heterocycles. The summed E-state index contributed by atoms with van der Waals surface area (Å²) in [6, 6.07) is 7.47. The van der Waals surface area contributed by atoms with Crippen molar-refractivity contribution in [2.45, 2.75) is 6.04 Å². The van der Waals surface area contributed by atoms with Gasteiger partial charge in [0, 0.05) is 16.9 Å². The van der Waals surface area contributed by atoms with Crippen LogP contribution in [0.3, 0.4) is 0 Å². The minimum absolute atomic E-state index is 0.105. The predicted octanol–water partition coefficient (Wildman–Crippen LogP) is 3.39. The van der Waals surface area contributed by atoms with E-state index in [0.717, 1.165) is 12.1 Å². The Hall–Kier alpha value is -2.87. The van der Waals surface area contributed by atoms with Gasteiger partial charge in [0.05, 0.1) is 6.04 Å². The Morgan fingerprint density at radius 1 is 1.08 bits per heavy atom. The molecule has 0 bridgehead atoms. The number of thiocarbonyl (C=S) groups is 1. The van der Waals surface area contributed by atoms with Gasteiger partial charge in [-0.05, 0) is 48.6 Å². The summed E-state index contributed by atoms with van der Waals surface area (Å²) < 4.78 is 41.5. The summed E-state index contributed by atoms with van der Waals surface area (Å²) in [6.45, 7) is 3.75. The van der Waals surface area contributed by atoms with Crippen LogP contribution in [0.2, 0.25) is 0 Å². The average molecular weight is 377 g/mol. The summed E-state index contributed by atoms with van der Waals surface area (Å²) in [6.07, 6.45) is 0. The molecule has 26 heavy (non-hydrogen) atoms. The van der Waals surface area contributed by atoms with Crippen LogP contribution in [0.1, 0.15) is 11.6 Å². The minimum Gasteiger partial charge on any atom is -0.354 e. The van der Waals surface area contributed by atoms with E-state index in [1.807, 2.05) is 0 Å². The molecule has 3 N–H and O–H groups in total. The lowest BCUT2D eigenvalue weighted by Gasteiger charge is -2.35. The Morgan fingerprint density at radius 3 is 2.31 bits per heavy atom. The van der Waals surface area contributed by atoms with Crippen LogP contribution in [0.25, 0.3) is 0 Å². The number of rotatable bonds is 3. The minimum atomic E-state index is -1.09. The van der Waals surface area contributed by atoms with E-state index in [4.69, 9.17) is 12.2 Å². The normalized spacial score (nSPS) is 19.5. The van der Waals surface area contributed by atoms with Gasteiger partial charge in [-0.25, -0.2) is 13.2 Å². The lowest BCUT2D eigenvalue weighted by Crippen LogP contribution is -2.52. The van der Waals surface area contributed by atoms with E-state index in [2.05, 4.69) is 22.5 Å². The molecule has 1 aliphatic heterocycles. The third-order valence-corrected chi connectivity index (χ3v) is 4.19. The highest BCUT2D eigenvalue weighted by atomic mass is 32.1. The first-order chi connectivity index (χ1) is 12.4. The molecule has 1 amide bonds. The maximum atomic E-state index is 14.3. The number of hydrogen-bond donors (Lipinski definition) is 3. The molecule has 134 valence electrons. The lowest BCUT2D eigenvalue weighted by atomic mass is 9.87. The van der Waals surface area contributed by atoms with Gasteiger partial charge in [-0.3, -0.25) is 4.79 Å². The molecule has 0 saturated carbocycles. The van der Waals surface area contributed by atoms with Gasteiger partial charge in [-0.2, -0.15) is 0 Å². The van der Waals surface area contributed by atoms with Crippen molar-refractivity contribution in [1.82, 2.24) is 10.6 Å². The molecule has 1 saturated heterocycles. The second-order valence-corrected chi connectivity index (χ2v) is 6.12. The zero-order chi connectivity index (χ0) is 18.8. The summed E-state index contributed by atoms with van der Waals surface area (Å²) in [7, 11) is 0. The number of amides is 1. The Balaban J connectivity index is 1.95. The standard InChI is InChI=1S/C18H14F3N3OS/c1-9-14(17(25)23-11-7-5-10(19)6-8-11)16(24-18(26)22-9)15-12(20)3-2-4-13(15)21/h2-8,14,16H,1H2,(H,23,25)(H2,22,24,26)/t14-,16-/m0/s1. The quantitative estimate of drug-likeness (QED) is 0.718. The molecule has 2 atom stereocenters. The van der Waals surface area contributed by atoms with E-state index in [0.29, 0.717) is 5.69 Å². The highest BCUT2D eigenvalue weighted by molar-refractivity contribution is 7.80. The molecule has 0 unspecified atom stereocenters. The molecule has 1 heterocycles. The third kappa shape index (κ3) is 3.55. The van der Waals surface area contributed by atoms with Gasteiger partial charge >= 0.3 is 0 Å². The third-order valence-electron chi connectivity index (χ3n) is 3.97. The van der Waals surface area contributed by atoms with Crippen LogP contribution in [0.4, 0.5) is 18.9 Å². The maximum Gasteiger partial charge on any atom is 0.235 e. The summed E-state index contributed by atoms with van der Waals surface area (Å²) in [4.78, 5) is 12.7. The maximum absolute atomic E-state index is 14.3. The van der Waals surface area contributed by atoms with Gasteiger partial charge in [-0.1, -0.05) is 12.6 Å². The molecule has 0 radical (unpaired) electrons. The van der Waals surface area contributed by atoms with Crippen molar-refractivity contribution in [2.24, 2.45) is 5.92 Å². The van der Waals surface area contributed by atoms with Crippen LogP contribution in [0.5, 0.6) is 0 Å². The van der Waals surface area contributed by atoms with Crippen molar-refractivity contribution in [2.75, 3.05) is 5.32 Å². The summed E-state index contributed by atoms with van der Waals surface area (Å²) >= 11 is 5.03. The molecule has 3 rings (SSSR count). The van der Waals surface area contributed by atoms with Gasteiger partial charge in [0.25, 0.3) is 0 Å². The summed E-state index contributed by atoms with van der Waals surface area (Å²) in [5, 5.41) is 8.13. The Labute approximate surface area is 153 Å². The zero-order valence-corrected chi connectivity index (χ0v) is 14.2. The van der Waals surface area contributed by atoms with E-state index in [1.54, 1.807) is 0 Å². The highest BCUT2D eigenvalue weighted by Crippen LogP contribution is 2.33. The van der Waals surface area contributed by atoms with Crippen molar-refractivity contribution >= 4 is 28.9 Å². The van der Waals surface area contributed by atoms with Crippen LogP contribution >= 0.6 is 12.2 Å². The molecule has 8 heteroatoms. The Kier molecular flexibility index (Phi) is 4.94. The fourth-order valence-corrected chi connectivity index (χ4v) is 3.05. The fourth-order valence-electron chi connectivity index (χ4n) is 2.79. The number of benzene rings is 2. The van der Waals surface area contributed by atoms with Crippen LogP contribution in [0.15, 0.2) is 54.7 Å². The van der Waals surface area contributed by atoms with Crippen LogP contribution in [-0.4, -0.2) is 11.0 Å². The van der Waals surface area contributed by atoms with E-state index < -0.39 is 35.3 Å². The number of hydrogen-bond acceptors (Lipinski definition) is 2. The highest BCUT2D eigenvalue weighted by Gasteiger charge is 2.39. The molecule has 0 aliphatic carbocycles. The first-order valence-electron chi connectivity index (χ1n) is 7.63. The van der Waals surface area contributed by atoms with Crippen molar-refractivity contribution in [3.8, 4) is 0 Å². The van der Waals surface area contributed by atoms with Gasteiger partial charge < -0.3 is 16.0 Å². The molecule has 4 nitrogen and oxygen atoms in total. The zero-order valence-electron chi connectivity index (χ0n) is 13.4. The van der Waals surface area contributed by atoms with Crippen molar-refractivity contribution < 1.29 is 18.0 Å². The molecule has 2 aromatic carbocycles. The van der Waals surface area contributed by atoms with Crippen molar-refractivity contribution in [3.05, 3.63) is 77.8 Å². The molecule has 1 fully saturated rings. The molecular weight excluding hydrogens is 363 g/mol. The number of anilines is 1. The monoisotopic (exact) mass is 377 g/mol. The SMILES string of the molecule is C=C1NC(=S)N[C@H](c2c(F)cccc2F)[C@H]1C(=O)Nc1ccc(F)cc1.